The van der Waals surface area contributed by atoms with E-state index in [1.807, 2.05) is 41.0 Å². The number of rotatable bonds is 9. The van der Waals surface area contributed by atoms with E-state index >= 15 is 0 Å². The molecule has 4 aromatic rings. The molecule has 0 saturated carbocycles. The van der Waals surface area contributed by atoms with Gasteiger partial charge in [-0.3, -0.25) is 18.8 Å². The van der Waals surface area contributed by atoms with Gasteiger partial charge in [0.25, 0.3) is 5.56 Å². The van der Waals surface area contributed by atoms with Crippen LogP contribution in [0.3, 0.4) is 0 Å². The number of hydrogen-bond acceptors (Lipinski definition) is 4. The summed E-state index contributed by atoms with van der Waals surface area (Å²) in [6.07, 6.45) is 0.918. The van der Waals surface area contributed by atoms with Crippen LogP contribution in [-0.4, -0.2) is 23.6 Å². The van der Waals surface area contributed by atoms with E-state index < -0.39 is 0 Å². The van der Waals surface area contributed by atoms with Crippen LogP contribution in [0, 0.1) is 5.92 Å². The Morgan fingerprint density at radius 2 is 1.38 bits per heavy atom. The molecule has 7 heteroatoms. The lowest BCUT2D eigenvalue weighted by Crippen LogP contribution is -2.37. The lowest BCUT2D eigenvalue weighted by atomic mass is 10.1. The maximum Gasteiger partial charge on any atom is 0.332 e. The van der Waals surface area contributed by atoms with Gasteiger partial charge in [-0.25, -0.2) is 9.78 Å². The standard InChI is InChI=1S/C27H33N5O2/c1-20(2)15-16-32-23(28-25-24(32)26(33)30(4)27(34)29(25)3)19-31(17-21-11-7-5-8-12-21)18-22-13-9-6-10-14-22/h5-14,20H,15-19H2,1-4H3. The molecule has 0 unspecified atom stereocenters. The monoisotopic (exact) mass is 459 g/mol. The lowest BCUT2D eigenvalue weighted by molar-refractivity contribution is 0.237. The van der Waals surface area contributed by atoms with Crippen LogP contribution in [0.1, 0.15) is 37.2 Å². The molecule has 0 radical (unpaired) electrons. The molecule has 0 atom stereocenters. The van der Waals surface area contributed by atoms with Crippen molar-refractivity contribution in [2.45, 2.75) is 46.4 Å². The number of aromatic nitrogens is 4. The van der Waals surface area contributed by atoms with Gasteiger partial charge < -0.3 is 4.57 Å². The van der Waals surface area contributed by atoms with E-state index in [1.54, 1.807) is 7.05 Å². The van der Waals surface area contributed by atoms with Crippen LogP contribution in [0.2, 0.25) is 0 Å². The first-order chi connectivity index (χ1) is 16.3. The van der Waals surface area contributed by atoms with E-state index in [0.29, 0.717) is 30.2 Å². The second kappa shape index (κ2) is 10.2. The van der Waals surface area contributed by atoms with Crippen molar-refractivity contribution in [3.8, 4) is 0 Å². The molecule has 0 aliphatic rings. The van der Waals surface area contributed by atoms with E-state index in [4.69, 9.17) is 4.98 Å². The van der Waals surface area contributed by atoms with Gasteiger partial charge in [-0.2, -0.15) is 0 Å². The maximum absolute atomic E-state index is 13.1. The fourth-order valence-electron chi connectivity index (χ4n) is 4.29. The first-order valence-electron chi connectivity index (χ1n) is 11.8. The predicted molar refractivity (Wildman–Crippen MR) is 136 cm³/mol. The zero-order chi connectivity index (χ0) is 24.2. The topological polar surface area (TPSA) is 65.1 Å². The summed E-state index contributed by atoms with van der Waals surface area (Å²) >= 11 is 0. The van der Waals surface area contributed by atoms with Gasteiger partial charge in [0.05, 0.1) is 6.54 Å². The van der Waals surface area contributed by atoms with E-state index in [-0.39, 0.29) is 11.2 Å². The zero-order valence-corrected chi connectivity index (χ0v) is 20.4. The van der Waals surface area contributed by atoms with Crippen molar-refractivity contribution in [3.63, 3.8) is 0 Å². The molecule has 0 fully saturated rings. The molecule has 0 amide bonds. The molecule has 178 valence electrons. The molecule has 0 saturated heterocycles. The van der Waals surface area contributed by atoms with Crippen molar-refractivity contribution in [2.24, 2.45) is 20.0 Å². The second-order valence-electron chi connectivity index (χ2n) is 9.36. The largest absolute Gasteiger partial charge is 0.332 e. The Kier molecular flexibility index (Phi) is 7.12. The fourth-order valence-corrected chi connectivity index (χ4v) is 4.29. The highest BCUT2D eigenvalue weighted by molar-refractivity contribution is 5.71. The minimum absolute atomic E-state index is 0.293. The number of benzene rings is 2. The minimum atomic E-state index is -0.358. The lowest BCUT2D eigenvalue weighted by Gasteiger charge is -2.23. The number of imidazole rings is 1. The Morgan fingerprint density at radius 3 is 1.91 bits per heavy atom. The van der Waals surface area contributed by atoms with Crippen LogP contribution in [0.5, 0.6) is 0 Å². The van der Waals surface area contributed by atoms with Gasteiger partial charge in [0.1, 0.15) is 5.82 Å². The second-order valence-corrected chi connectivity index (χ2v) is 9.36. The van der Waals surface area contributed by atoms with Crippen LogP contribution >= 0.6 is 0 Å². The average Bonchev–Trinajstić information content (AvgIpc) is 3.19. The Morgan fingerprint density at radius 1 is 0.824 bits per heavy atom. The summed E-state index contributed by atoms with van der Waals surface area (Å²) in [5, 5.41) is 0. The number of nitrogens with zero attached hydrogens (tertiary/aromatic N) is 5. The molecule has 0 N–H and O–H groups in total. The summed E-state index contributed by atoms with van der Waals surface area (Å²) in [6.45, 7) is 7.09. The molecule has 0 aliphatic heterocycles. The van der Waals surface area contributed by atoms with Crippen LogP contribution in [0.25, 0.3) is 11.2 Å². The summed E-state index contributed by atoms with van der Waals surface area (Å²) in [4.78, 5) is 32.9. The van der Waals surface area contributed by atoms with Crippen molar-refractivity contribution in [1.29, 1.82) is 0 Å². The molecule has 7 nitrogen and oxygen atoms in total. The number of fused-ring (bicyclic) bond motifs is 1. The van der Waals surface area contributed by atoms with Crippen molar-refractivity contribution in [3.05, 3.63) is 98.5 Å². The summed E-state index contributed by atoms with van der Waals surface area (Å²) in [7, 11) is 3.21. The van der Waals surface area contributed by atoms with Gasteiger partial charge >= 0.3 is 5.69 Å². The Bertz CT molecular complexity index is 1330. The molecule has 34 heavy (non-hydrogen) atoms. The normalized spacial score (nSPS) is 11.7. The predicted octanol–water partition coefficient (Wildman–Crippen LogP) is 3.68. The van der Waals surface area contributed by atoms with E-state index in [1.165, 1.54) is 27.3 Å². The first-order valence-corrected chi connectivity index (χ1v) is 11.8. The molecular formula is C27H33N5O2. The molecule has 2 aromatic carbocycles. The van der Waals surface area contributed by atoms with Crippen LogP contribution in [0.15, 0.2) is 70.3 Å². The van der Waals surface area contributed by atoms with Gasteiger partial charge in [-0.15, -0.1) is 0 Å². The van der Waals surface area contributed by atoms with E-state index in [2.05, 4.69) is 43.0 Å². The van der Waals surface area contributed by atoms with Gasteiger partial charge in [0.2, 0.25) is 0 Å². The Labute approximate surface area is 199 Å². The van der Waals surface area contributed by atoms with Crippen molar-refractivity contribution < 1.29 is 0 Å². The van der Waals surface area contributed by atoms with Crippen LogP contribution in [0.4, 0.5) is 0 Å². The summed E-state index contributed by atoms with van der Waals surface area (Å²) < 4.78 is 4.68. The molecule has 2 heterocycles. The highest BCUT2D eigenvalue weighted by Crippen LogP contribution is 2.19. The van der Waals surface area contributed by atoms with Crippen LogP contribution in [-0.2, 0) is 40.3 Å². The number of hydrogen-bond donors (Lipinski definition) is 0. The summed E-state index contributed by atoms with van der Waals surface area (Å²) in [5.41, 5.74) is 2.73. The molecular weight excluding hydrogens is 426 g/mol. The van der Waals surface area contributed by atoms with E-state index in [0.717, 1.165) is 25.3 Å². The first kappa shape index (κ1) is 23.7. The van der Waals surface area contributed by atoms with Crippen molar-refractivity contribution >= 4 is 11.2 Å². The molecule has 0 bridgehead atoms. The smallest absolute Gasteiger partial charge is 0.321 e. The van der Waals surface area contributed by atoms with Gasteiger partial charge in [0, 0.05) is 33.7 Å². The minimum Gasteiger partial charge on any atom is -0.321 e. The zero-order valence-electron chi connectivity index (χ0n) is 20.4. The third-order valence-corrected chi connectivity index (χ3v) is 6.22. The van der Waals surface area contributed by atoms with Gasteiger partial charge in [-0.05, 0) is 23.5 Å². The van der Waals surface area contributed by atoms with Crippen LogP contribution < -0.4 is 11.2 Å². The highest BCUT2D eigenvalue weighted by Gasteiger charge is 2.21. The molecule has 2 aromatic heterocycles. The third-order valence-electron chi connectivity index (χ3n) is 6.22. The molecule has 4 rings (SSSR count). The summed E-state index contributed by atoms with van der Waals surface area (Å²) in [6, 6.07) is 20.7. The van der Waals surface area contributed by atoms with E-state index in [9.17, 15) is 9.59 Å². The summed E-state index contributed by atoms with van der Waals surface area (Å²) in [5.74, 6) is 1.28. The average molecular weight is 460 g/mol. The Balaban J connectivity index is 1.79. The SMILES string of the molecule is CC(C)CCn1c(CN(Cc2ccccc2)Cc2ccccc2)nc2c1c(=O)n(C)c(=O)n2C. The molecule has 0 aliphatic carbocycles. The van der Waals surface area contributed by atoms with Gasteiger partial charge in [-0.1, -0.05) is 74.5 Å². The van der Waals surface area contributed by atoms with Crippen molar-refractivity contribution in [2.75, 3.05) is 0 Å². The fraction of sp³-hybridized carbons (Fsp3) is 0.370. The Hall–Kier alpha value is -3.45. The number of aryl methyl sites for hydroxylation is 2. The quantitative estimate of drug-likeness (QED) is 0.383. The highest BCUT2D eigenvalue weighted by atomic mass is 16.2. The molecule has 0 spiro atoms. The van der Waals surface area contributed by atoms with Gasteiger partial charge in [0.15, 0.2) is 11.2 Å². The third kappa shape index (κ3) is 5.04. The van der Waals surface area contributed by atoms with Crippen molar-refractivity contribution in [1.82, 2.24) is 23.6 Å². The maximum atomic E-state index is 13.1.